The lowest BCUT2D eigenvalue weighted by Crippen LogP contribution is -2.44. The Morgan fingerprint density at radius 3 is 2.65 bits per heavy atom. The van der Waals surface area contributed by atoms with Gasteiger partial charge in [-0.25, -0.2) is 4.99 Å². The fourth-order valence-electron chi connectivity index (χ4n) is 2.52. The zero-order valence-electron chi connectivity index (χ0n) is 14.8. The maximum absolute atomic E-state index is 12.5. The van der Waals surface area contributed by atoms with Crippen LogP contribution in [0.15, 0.2) is 29.3 Å². The minimum Gasteiger partial charge on any atom is -0.405 e. The lowest BCUT2D eigenvalue weighted by atomic mass is 10.2. The molecule has 1 heterocycles. The summed E-state index contributed by atoms with van der Waals surface area (Å²) < 4.78 is 46.8. The molecule has 2 rings (SSSR count). The van der Waals surface area contributed by atoms with Gasteiger partial charge in [0.25, 0.3) is 0 Å². The SMILES string of the molecule is CCNC(=NCc1ccccc1OC(F)(F)F)NCCN1CCOCC1. The summed E-state index contributed by atoms with van der Waals surface area (Å²) >= 11 is 0. The molecule has 1 aliphatic rings. The first-order chi connectivity index (χ1) is 12.5. The third kappa shape index (κ3) is 7.49. The van der Waals surface area contributed by atoms with Crippen molar-refractivity contribution in [1.82, 2.24) is 15.5 Å². The van der Waals surface area contributed by atoms with Gasteiger partial charge in [0.1, 0.15) is 5.75 Å². The van der Waals surface area contributed by atoms with Gasteiger partial charge in [0, 0.05) is 38.3 Å². The topological polar surface area (TPSA) is 58.1 Å². The summed E-state index contributed by atoms with van der Waals surface area (Å²) in [6.07, 6.45) is -4.72. The van der Waals surface area contributed by atoms with Crippen molar-refractivity contribution in [3.8, 4) is 5.75 Å². The highest BCUT2D eigenvalue weighted by molar-refractivity contribution is 5.79. The van der Waals surface area contributed by atoms with Crippen LogP contribution >= 0.6 is 0 Å². The fourth-order valence-corrected chi connectivity index (χ4v) is 2.52. The Bertz CT molecular complexity index is 575. The van der Waals surface area contributed by atoms with E-state index in [-0.39, 0.29) is 12.3 Å². The van der Waals surface area contributed by atoms with Crippen LogP contribution in [0.4, 0.5) is 13.2 Å². The average molecular weight is 374 g/mol. The van der Waals surface area contributed by atoms with Crippen molar-refractivity contribution in [3.05, 3.63) is 29.8 Å². The largest absolute Gasteiger partial charge is 0.573 e. The second kappa shape index (κ2) is 10.2. The molecule has 0 spiro atoms. The van der Waals surface area contributed by atoms with Crippen molar-refractivity contribution in [2.45, 2.75) is 19.8 Å². The molecule has 1 fully saturated rings. The number of ether oxygens (including phenoxy) is 2. The molecular weight excluding hydrogens is 349 g/mol. The Kier molecular flexibility index (Phi) is 7.99. The van der Waals surface area contributed by atoms with E-state index in [1.54, 1.807) is 12.1 Å². The number of morpholine rings is 1. The van der Waals surface area contributed by atoms with Gasteiger partial charge >= 0.3 is 6.36 Å². The third-order valence-electron chi connectivity index (χ3n) is 3.77. The van der Waals surface area contributed by atoms with E-state index in [0.717, 1.165) is 32.8 Å². The number of aliphatic imine (C=N–C) groups is 1. The lowest BCUT2D eigenvalue weighted by molar-refractivity contribution is -0.274. The predicted molar refractivity (Wildman–Crippen MR) is 93.2 cm³/mol. The van der Waals surface area contributed by atoms with E-state index in [4.69, 9.17) is 4.74 Å². The molecule has 2 N–H and O–H groups in total. The Hall–Kier alpha value is -2.00. The fraction of sp³-hybridized carbons (Fsp3) is 0.588. The highest BCUT2D eigenvalue weighted by Gasteiger charge is 2.31. The molecule has 0 aliphatic carbocycles. The summed E-state index contributed by atoms with van der Waals surface area (Å²) in [4.78, 5) is 6.65. The van der Waals surface area contributed by atoms with Crippen LogP contribution in [-0.4, -0.2) is 63.2 Å². The van der Waals surface area contributed by atoms with Crippen molar-refractivity contribution in [3.63, 3.8) is 0 Å². The molecule has 146 valence electrons. The normalized spacial score (nSPS) is 16.4. The molecule has 1 aromatic carbocycles. The molecule has 0 amide bonds. The van der Waals surface area contributed by atoms with Crippen LogP contribution in [0.1, 0.15) is 12.5 Å². The number of rotatable bonds is 7. The summed E-state index contributed by atoms with van der Waals surface area (Å²) in [5.41, 5.74) is 0.371. The summed E-state index contributed by atoms with van der Waals surface area (Å²) in [6, 6.07) is 6.02. The quantitative estimate of drug-likeness (QED) is 0.565. The number of benzene rings is 1. The Morgan fingerprint density at radius 2 is 1.96 bits per heavy atom. The number of hydrogen-bond donors (Lipinski definition) is 2. The van der Waals surface area contributed by atoms with Gasteiger partial charge in [0.2, 0.25) is 0 Å². The number of halogens is 3. The number of hydrogen-bond acceptors (Lipinski definition) is 4. The van der Waals surface area contributed by atoms with E-state index in [0.29, 0.717) is 24.6 Å². The number of nitrogens with one attached hydrogen (secondary N) is 2. The van der Waals surface area contributed by atoms with Gasteiger partial charge in [-0.3, -0.25) is 4.90 Å². The van der Waals surface area contributed by atoms with Crippen molar-refractivity contribution in [1.29, 1.82) is 0 Å². The van der Waals surface area contributed by atoms with Gasteiger partial charge in [-0.2, -0.15) is 0 Å². The van der Waals surface area contributed by atoms with Crippen LogP contribution in [0.25, 0.3) is 0 Å². The lowest BCUT2D eigenvalue weighted by Gasteiger charge is -2.26. The minimum absolute atomic E-state index is 0.0825. The van der Waals surface area contributed by atoms with Gasteiger partial charge in [-0.05, 0) is 13.0 Å². The second-order valence-electron chi connectivity index (χ2n) is 5.73. The van der Waals surface area contributed by atoms with Crippen molar-refractivity contribution in [2.24, 2.45) is 4.99 Å². The molecule has 0 bridgehead atoms. The summed E-state index contributed by atoms with van der Waals surface area (Å²) in [5.74, 6) is 0.329. The van der Waals surface area contributed by atoms with Gasteiger partial charge in [-0.15, -0.1) is 13.2 Å². The molecule has 1 aromatic rings. The van der Waals surface area contributed by atoms with Gasteiger partial charge in [0.15, 0.2) is 5.96 Å². The second-order valence-corrected chi connectivity index (χ2v) is 5.73. The van der Waals surface area contributed by atoms with Crippen LogP contribution in [-0.2, 0) is 11.3 Å². The molecule has 0 radical (unpaired) electrons. The number of para-hydroxylation sites is 1. The first-order valence-corrected chi connectivity index (χ1v) is 8.64. The smallest absolute Gasteiger partial charge is 0.405 e. The maximum Gasteiger partial charge on any atom is 0.573 e. The molecule has 9 heteroatoms. The van der Waals surface area contributed by atoms with E-state index in [1.807, 2.05) is 6.92 Å². The zero-order chi connectivity index (χ0) is 18.8. The van der Waals surface area contributed by atoms with Crippen LogP contribution in [0.5, 0.6) is 5.75 Å². The maximum atomic E-state index is 12.5. The molecule has 6 nitrogen and oxygen atoms in total. The van der Waals surface area contributed by atoms with E-state index in [1.165, 1.54) is 12.1 Å². The average Bonchev–Trinajstić information content (AvgIpc) is 2.60. The van der Waals surface area contributed by atoms with E-state index >= 15 is 0 Å². The van der Waals surface area contributed by atoms with Crippen LogP contribution in [0.2, 0.25) is 0 Å². The molecule has 0 unspecified atom stereocenters. The molecule has 1 aliphatic heterocycles. The molecule has 0 atom stereocenters. The first kappa shape index (κ1) is 20.3. The van der Waals surface area contributed by atoms with Crippen LogP contribution in [0, 0.1) is 0 Å². The monoisotopic (exact) mass is 374 g/mol. The molecular formula is C17H25F3N4O2. The van der Waals surface area contributed by atoms with Crippen molar-refractivity contribution < 1.29 is 22.6 Å². The van der Waals surface area contributed by atoms with Gasteiger partial charge in [0.05, 0.1) is 19.8 Å². The molecule has 0 saturated carbocycles. The van der Waals surface area contributed by atoms with Gasteiger partial charge < -0.3 is 20.1 Å². The molecule has 0 aromatic heterocycles. The van der Waals surface area contributed by atoms with Crippen LogP contribution < -0.4 is 15.4 Å². The highest BCUT2D eigenvalue weighted by Crippen LogP contribution is 2.26. The third-order valence-corrected chi connectivity index (χ3v) is 3.77. The Balaban J connectivity index is 1.91. The molecule has 26 heavy (non-hydrogen) atoms. The van der Waals surface area contributed by atoms with Gasteiger partial charge in [-0.1, -0.05) is 18.2 Å². The summed E-state index contributed by atoms with van der Waals surface area (Å²) in [7, 11) is 0. The molecule has 1 saturated heterocycles. The summed E-state index contributed by atoms with van der Waals surface area (Å²) in [6.45, 7) is 7.49. The van der Waals surface area contributed by atoms with E-state index in [9.17, 15) is 13.2 Å². The highest BCUT2D eigenvalue weighted by atomic mass is 19.4. The summed E-state index contributed by atoms with van der Waals surface area (Å²) in [5, 5.41) is 6.29. The van der Waals surface area contributed by atoms with E-state index < -0.39 is 6.36 Å². The Labute approximate surface area is 151 Å². The van der Waals surface area contributed by atoms with Crippen LogP contribution in [0.3, 0.4) is 0 Å². The number of nitrogens with zero attached hydrogens (tertiary/aromatic N) is 2. The zero-order valence-corrected chi connectivity index (χ0v) is 14.8. The van der Waals surface area contributed by atoms with Crippen molar-refractivity contribution in [2.75, 3.05) is 45.9 Å². The first-order valence-electron chi connectivity index (χ1n) is 8.64. The minimum atomic E-state index is -4.72. The van der Waals surface area contributed by atoms with Crippen molar-refractivity contribution >= 4 is 5.96 Å². The standard InChI is InChI=1S/C17H25F3N4O2/c1-2-21-16(22-7-8-24-9-11-25-12-10-24)23-13-14-5-3-4-6-15(14)26-17(18,19)20/h3-6H,2,7-13H2,1H3,(H2,21,22,23). The van der Waals surface area contributed by atoms with E-state index in [2.05, 4.69) is 25.3 Å². The number of alkyl halides is 3. The Morgan fingerprint density at radius 1 is 1.23 bits per heavy atom. The number of guanidine groups is 1. The predicted octanol–water partition coefficient (Wildman–Crippen LogP) is 1.97.